The second-order valence-electron chi connectivity index (χ2n) is 4.15. The third-order valence-corrected chi connectivity index (χ3v) is 3.30. The van der Waals surface area contributed by atoms with Crippen LogP contribution in [0.25, 0.3) is 0 Å². The lowest BCUT2D eigenvalue weighted by atomic mass is 9.80. The minimum absolute atomic E-state index is 0.0265. The predicted molar refractivity (Wildman–Crippen MR) is 48.8 cm³/mol. The second-order valence-corrected chi connectivity index (χ2v) is 4.15. The maximum absolute atomic E-state index is 10.7. The van der Waals surface area contributed by atoms with Gasteiger partial charge >= 0.3 is 5.97 Å². The third kappa shape index (κ3) is 1.91. The summed E-state index contributed by atoms with van der Waals surface area (Å²) in [5, 5.41) is 8.82. The Morgan fingerprint density at radius 3 is 2.43 bits per heavy atom. The van der Waals surface area contributed by atoms with Crippen LogP contribution in [0.3, 0.4) is 0 Å². The third-order valence-electron chi connectivity index (χ3n) is 3.30. The van der Waals surface area contributed by atoms with Gasteiger partial charge in [-0.2, -0.15) is 0 Å². The quantitative estimate of drug-likeness (QED) is 0.696. The van der Waals surface area contributed by atoms with Crippen LogP contribution in [0.4, 0.5) is 0 Å². The van der Waals surface area contributed by atoms with E-state index in [1.807, 2.05) is 0 Å². The van der Waals surface area contributed by atoms with Gasteiger partial charge in [0, 0.05) is 7.11 Å². The summed E-state index contributed by atoms with van der Waals surface area (Å²) in [6.07, 6.45) is 3.70. The minimum atomic E-state index is -0.650. The summed E-state index contributed by atoms with van der Waals surface area (Å²) < 4.78 is 10.4. The van der Waals surface area contributed by atoms with E-state index < -0.39 is 5.97 Å². The van der Waals surface area contributed by atoms with Crippen molar-refractivity contribution in [2.45, 2.75) is 38.1 Å². The molecule has 4 nitrogen and oxygen atoms in total. The molecule has 0 bridgehead atoms. The largest absolute Gasteiger partial charge is 0.481 e. The zero-order valence-electron chi connectivity index (χ0n) is 8.31. The Morgan fingerprint density at radius 2 is 2.00 bits per heavy atom. The number of carboxylic acids is 1. The predicted octanol–water partition coefficient (Wildman–Crippen LogP) is 1.25. The van der Waals surface area contributed by atoms with Crippen molar-refractivity contribution in [3.63, 3.8) is 0 Å². The number of methoxy groups -OCH3 is 1. The molecule has 0 spiro atoms. The smallest absolute Gasteiger partial charge is 0.306 e. The van der Waals surface area contributed by atoms with Crippen LogP contribution in [0.1, 0.15) is 25.7 Å². The van der Waals surface area contributed by atoms with Gasteiger partial charge in [-0.05, 0) is 31.6 Å². The van der Waals surface area contributed by atoms with Gasteiger partial charge in [-0.25, -0.2) is 0 Å². The number of rotatable bonds is 3. The molecule has 2 fully saturated rings. The average molecular weight is 200 g/mol. The van der Waals surface area contributed by atoms with E-state index in [4.69, 9.17) is 14.6 Å². The van der Waals surface area contributed by atoms with Crippen LogP contribution < -0.4 is 0 Å². The van der Waals surface area contributed by atoms with Gasteiger partial charge in [0.05, 0.1) is 5.92 Å². The molecule has 0 aromatic rings. The average Bonchev–Trinajstić information content (AvgIpc) is 2.97. The Balaban J connectivity index is 1.77. The molecule has 1 heterocycles. The summed E-state index contributed by atoms with van der Waals surface area (Å²) in [5.74, 6) is -0.273. The number of carbonyl (C=O) groups is 1. The van der Waals surface area contributed by atoms with E-state index in [0.29, 0.717) is 5.92 Å². The molecule has 1 aliphatic heterocycles. The van der Waals surface area contributed by atoms with E-state index in [0.717, 1.165) is 25.7 Å². The standard InChI is InChI=1S/C10H16O4/c1-13-10-8(14-10)6-2-4-7(5-3-6)9(11)12/h6-8,10H,2-5H2,1H3,(H,11,12). The molecule has 0 aromatic heterocycles. The first-order valence-corrected chi connectivity index (χ1v) is 5.13. The van der Waals surface area contributed by atoms with Crippen molar-refractivity contribution in [1.82, 2.24) is 0 Å². The molecule has 1 saturated heterocycles. The van der Waals surface area contributed by atoms with Crippen molar-refractivity contribution >= 4 is 5.97 Å². The number of hydrogen-bond donors (Lipinski definition) is 1. The molecule has 2 unspecified atom stereocenters. The fourth-order valence-electron chi connectivity index (χ4n) is 2.33. The Hall–Kier alpha value is -0.610. The number of carboxylic acid groups (broad SMARTS) is 1. The number of aliphatic carboxylic acids is 1. The molecule has 0 aromatic carbocycles. The molecule has 80 valence electrons. The molecule has 2 aliphatic rings. The Bertz CT molecular complexity index is 220. The number of ether oxygens (including phenoxy) is 2. The highest BCUT2D eigenvalue weighted by Gasteiger charge is 2.46. The molecule has 1 N–H and O–H groups in total. The maximum Gasteiger partial charge on any atom is 0.306 e. The highest BCUT2D eigenvalue weighted by Crippen LogP contribution is 2.40. The zero-order chi connectivity index (χ0) is 10.1. The molecule has 1 aliphatic carbocycles. The summed E-state index contributed by atoms with van der Waals surface area (Å²) in [6.45, 7) is 0. The summed E-state index contributed by atoms with van der Waals surface area (Å²) in [7, 11) is 1.65. The van der Waals surface area contributed by atoms with E-state index >= 15 is 0 Å². The van der Waals surface area contributed by atoms with Crippen LogP contribution in [0.15, 0.2) is 0 Å². The van der Waals surface area contributed by atoms with Crippen LogP contribution >= 0.6 is 0 Å². The summed E-state index contributed by atoms with van der Waals surface area (Å²) in [6, 6.07) is 0. The molecule has 0 radical (unpaired) electrons. The minimum Gasteiger partial charge on any atom is -0.481 e. The molecular formula is C10H16O4. The highest BCUT2D eigenvalue weighted by atomic mass is 16.8. The van der Waals surface area contributed by atoms with Crippen LogP contribution in [0, 0.1) is 11.8 Å². The first-order valence-electron chi connectivity index (χ1n) is 5.13. The molecule has 14 heavy (non-hydrogen) atoms. The summed E-state index contributed by atoms with van der Waals surface area (Å²) >= 11 is 0. The van der Waals surface area contributed by atoms with Crippen molar-refractivity contribution in [2.24, 2.45) is 11.8 Å². The fraction of sp³-hybridized carbons (Fsp3) is 0.900. The molecule has 1 saturated carbocycles. The van der Waals surface area contributed by atoms with Crippen LogP contribution in [0.2, 0.25) is 0 Å². The van der Waals surface area contributed by atoms with Gasteiger partial charge in [0.1, 0.15) is 6.10 Å². The number of epoxide rings is 1. The lowest BCUT2D eigenvalue weighted by molar-refractivity contribution is -0.143. The fourth-order valence-corrected chi connectivity index (χ4v) is 2.33. The summed E-state index contributed by atoms with van der Waals surface area (Å²) in [5.41, 5.74) is 0. The van der Waals surface area contributed by atoms with Crippen LogP contribution in [-0.2, 0) is 14.3 Å². The lowest BCUT2D eigenvalue weighted by Gasteiger charge is -2.24. The first kappa shape index (κ1) is 9.93. The van der Waals surface area contributed by atoms with Gasteiger partial charge in [-0.15, -0.1) is 0 Å². The zero-order valence-corrected chi connectivity index (χ0v) is 8.31. The van der Waals surface area contributed by atoms with Gasteiger partial charge < -0.3 is 14.6 Å². The van der Waals surface area contributed by atoms with E-state index in [2.05, 4.69) is 0 Å². The molecule has 2 atom stereocenters. The maximum atomic E-state index is 10.7. The molecule has 4 heteroatoms. The molecule has 2 rings (SSSR count). The molecule has 0 amide bonds. The van der Waals surface area contributed by atoms with Crippen LogP contribution in [-0.4, -0.2) is 30.6 Å². The SMILES string of the molecule is COC1OC1C1CCC(C(=O)O)CC1. The second kappa shape index (κ2) is 3.87. The Labute approximate surface area is 83.2 Å². The van der Waals surface area contributed by atoms with Crippen molar-refractivity contribution < 1.29 is 19.4 Å². The highest BCUT2D eigenvalue weighted by molar-refractivity contribution is 5.69. The van der Waals surface area contributed by atoms with Gasteiger partial charge in [0.15, 0.2) is 6.29 Å². The Kier molecular flexibility index (Phi) is 2.74. The van der Waals surface area contributed by atoms with Gasteiger partial charge in [0.25, 0.3) is 0 Å². The van der Waals surface area contributed by atoms with E-state index in [1.165, 1.54) is 0 Å². The normalized spacial score (nSPS) is 42.1. The van der Waals surface area contributed by atoms with E-state index in [-0.39, 0.29) is 18.3 Å². The Morgan fingerprint density at radius 1 is 1.36 bits per heavy atom. The van der Waals surface area contributed by atoms with Crippen molar-refractivity contribution in [1.29, 1.82) is 0 Å². The van der Waals surface area contributed by atoms with Crippen molar-refractivity contribution in [3.05, 3.63) is 0 Å². The van der Waals surface area contributed by atoms with E-state index in [9.17, 15) is 4.79 Å². The van der Waals surface area contributed by atoms with Crippen molar-refractivity contribution in [2.75, 3.05) is 7.11 Å². The number of hydrogen-bond acceptors (Lipinski definition) is 3. The van der Waals surface area contributed by atoms with Crippen molar-refractivity contribution in [3.8, 4) is 0 Å². The van der Waals surface area contributed by atoms with E-state index in [1.54, 1.807) is 7.11 Å². The van der Waals surface area contributed by atoms with Gasteiger partial charge in [-0.3, -0.25) is 4.79 Å². The topological polar surface area (TPSA) is 59.1 Å². The first-order chi connectivity index (χ1) is 6.72. The molecular weight excluding hydrogens is 184 g/mol. The lowest BCUT2D eigenvalue weighted by Crippen LogP contribution is -2.24. The summed E-state index contributed by atoms with van der Waals surface area (Å²) in [4.78, 5) is 10.7. The van der Waals surface area contributed by atoms with Gasteiger partial charge in [0.2, 0.25) is 0 Å². The monoisotopic (exact) mass is 200 g/mol. The van der Waals surface area contributed by atoms with Gasteiger partial charge in [-0.1, -0.05) is 0 Å². The van der Waals surface area contributed by atoms with Crippen LogP contribution in [0.5, 0.6) is 0 Å².